The van der Waals surface area contributed by atoms with Gasteiger partial charge in [-0.2, -0.15) is 0 Å². The van der Waals surface area contributed by atoms with Crippen molar-refractivity contribution in [3.63, 3.8) is 0 Å². The minimum atomic E-state index is -0.412. The van der Waals surface area contributed by atoms with Gasteiger partial charge in [0.15, 0.2) is 0 Å². The number of rotatable bonds is 5. The normalized spacial score (nSPS) is 24.4. The van der Waals surface area contributed by atoms with E-state index in [9.17, 15) is 9.90 Å². The second-order valence-electron chi connectivity index (χ2n) is 7.07. The molecule has 0 amide bonds. The smallest absolute Gasteiger partial charge is 0.342 e. The number of phenolic OH excluding ortho intramolecular Hbond substituents is 1. The SMILES string of the molecule is C=CCc1cccc(O)c1C(=O)O[C@H]1C[C@@H](C)CC[C@@H]1C(C)C. The summed E-state index contributed by atoms with van der Waals surface area (Å²) in [5.74, 6) is 1.02. The lowest BCUT2D eigenvalue weighted by Gasteiger charge is -2.36. The summed E-state index contributed by atoms with van der Waals surface area (Å²) in [6.07, 6.45) is 5.38. The summed E-state index contributed by atoms with van der Waals surface area (Å²) in [4.78, 5) is 12.7. The van der Waals surface area contributed by atoms with Crippen molar-refractivity contribution in [2.24, 2.45) is 17.8 Å². The second kappa shape index (κ2) is 7.67. The van der Waals surface area contributed by atoms with Crippen LogP contribution in [0.1, 0.15) is 56.0 Å². The topological polar surface area (TPSA) is 46.5 Å². The van der Waals surface area contributed by atoms with Crippen LogP contribution in [0.3, 0.4) is 0 Å². The van der Waals surface area contributed by atoms with Gasteiger partial charge in [0.2, 0.25) is 0 Å². The van der Waals surface area contributed by atoms with Crippen LogP contribution in [0.5, 0.6) is 5.75 Å². The van der Waals surface area contributed by atoms with E-state index >= 15 is 0 Å². The summed E-state index contributed by atoms with van der Waals surface area (Å²) in [7, 11) is 0. The summed E-state index contributed by atoms with van der Waals surface area (Å²) >= 11 is 0. The summed E-state index contributed by atoms with van der Waals surface area (Å²) in [5, 5.41) is 10.1. The molecule has 0 bridgehead atoms. The van der Waals surface area contributed by atoms with Crippen LogP contribution in [0, 0.1) is 17.8 Å². The molecule has 0 heterocycles. The highest BCUT2D eigenvalue weighted by Gasteiger charge is 2.34. The number of carbonyl (C=O) groups excluding carboxylic acids is 1. The molecule has 1 aromatic rings. The van der Waals surface area contributed by atoms with Crippen molar-refractivity contribution in [2.45, 2.75) is 52.6 Å². The lowest BCUT2D eigenvalue weighted by atomic mass is 9.75. The van der Waals surface area contributed by atoms with Gasteiger partial charge >= 0.3 is 5.97 Å². The first kappa shape index (κ1) is 17.6. The minimum absolute atomic E-state index is 0.0145. The van der Waals surface area contributed by atoms with E-state index in [1.54, 1.807) is 12.1 Å². The van der Waals surface area contributed by atoms with Crippen LogP contribution in [-0.4, -0.2) is 17.2 Å². The third-order valence-corrected chi connectivity index (χ3v) is 4.92. The van der Waals surface area contributed by atoms with Crippen molar-refractivity contribution in [2.75, 3.05) is 0 Å². The fourth-order valence-corrected chi connectivity index (χ4v) is 3.59. The molecule has 0 spiro atoms. The summed E-state index contributed by atoms with van der Waals surface area (Å²) in [6.45, 7) is 10.3. The zero-order chi connectivity index (χ0) is 17.0. The third kappa shape index (κ3) is 4.15. The van der Waals surface area contributed by atoms with E-state index in [-0.39, 0.29) is 17.4 Å². The number of benzene rings is 1. The quantitative estimate of drug-likeness (QED) is 0.630. The molecule has 126 valence electrons. The van der Waals surface area contributed by atoms with Gasteiger partial charge in [0.25, 0.3) is 0 Å². The number of hydrogen-bond donors (Lipinski definition) is 1. The summed E-state index contributed by atoms with van der Waals surface area (Å²) in [6, 6.07) is 5.11. The van der Waals surface area contributed by atoms with Crippen molar-refractivity contribution >= 4 is 5.97 Å². The Morgan fingerprint density at radius 1 is 1.43 bits per heavy atom. The highest BCUT2D eigenvalue weighted by molar-refractivity contribution is 5.94. The molecule has 3 nitrogen and oxygen atoms in total. The maximum atomic E-state index is 12.7. The molecule has 2 rings (SSSR count). The van der Waals surface area contributed by atoms with Crippen molar-refractivity contribution in [1.29, 1.82) is 0 Å². The molecule has 3 heteroatoms. The number of hydrogen-bond acceptors (Lipinski definition) is 3. The first-order valence-electron chi connectivity index (χ1n) is 8.56. The van der Waals surface area contributed by atoms with E-state index < -0.39 is 5.97 Å². The van der Waals surface area contributed by atoms with Crippen molar-refractivity contribution in [3.8, 4) is 5.75 Å². The van der Waals surface area contributed by atoms with Crippen molar-refractivity contribution in [3.05, 3.63) is 42.0 Å². The van der Waals surface area contributed by atoms with Crippen LogP contribution in [0.25, 0.3) is 0 Å². The predicted octanol–water partition coefficient (Wildman–Crippen LogP) is 4.74. The number of ether oxygens (including phenoxy) is 1. The van der Waals surface area contributed by atoms with Gasteiger partial charge < -0.3 is 9.84 Å². The molecular formula is C20H28O3. The number of phenols is 1. The van der Waals surface area contributed by atoms with E-state index in [1.165, 1.54) is 12.5 Å². The molecule has 0 unspecified atom stereocenters. The maximum Gasteiger partial charge on any atom is 0.342 e. The first-order chi connectivity index (χ1) is 10.9. The molecule has 1 saturated carbocycles. The Hall–Kier alpha value is -1.77. The van der Waals surface area contributed by atoms with Crippen molar-refractivity contribution in [1.82, 2.24) is 0 Å². The molecule has 1 aliphatic rings. The molecule has 0 radical (unpaired) electrons. The Labute approximate surface area is 139 Å². The Morgan fingerprint density at radius 3 is 2.83 bits per heavy atom. The van der Waals surface area contributed by atoms with Crippen LogP contribution >= 0.6 is 0 Å². The van der Waals surface area contributed by atoms with Gasteiger partial charge in [0.05, 0.1) is 0 Å². The zero-order valence-corrected chi connectivity index (χ0v) is 14.4. The van der Waals surface area contributed by atoms with Crippen LogP contribution in [0.4, 0.5) is 0 Å². The van der Waals surface area contributed by atoms with Crippen LogP contribution in [0.15, 0.2) is 30.9 Å². The Balaban J connectivity index is 2.22. The van der Waals surface area contributed by atoms with Crippen LogP contribution in [0.2, 0.25) is 0 Å². The molecule has 1 N–H and O–H groups in total. The lowest BCUT2D eigenvalue weighted by Crippen LogP contribution is -2.36. The van der Waals surface area contributed by atoms with Gasteiger partial charge in [-0.3, -0.25) is 0 Å². The predicted molar refractivity (Wildman–Crippen MR) is 92.6 cm³/mol. The molecule has 0 aromatic heterocycles. The fraction of sp³-hybridized carbons (Fsp3) is 0.550. The second-order valence-corrected chi connectivity index (χ2v) is 7.07. The molecule has 0 aliphatic heterocycles. The van der Waals surface area contributed by atoms with Gasteiger partial charge in [-0.15, -0.1) is 6.58 Å². The van der Waals surface area contributed by atoms with Crippen LogP contribution < -0.4 is 0 Å². The van der Waals surface area contributed by atoms with E-state index in [0.29, 0.717) is 24.2 Å². The van der Waals surface area contributed by atoms with Gasteiger partial charge in [0, 0.05) is 0 Å². The van der Waals surface area contributed by atoms with Crippen LogP contribution in [-0.2, 0) is 11.2 Å². The maximum absolute atomic E-state index is 12.7. The molecule has 23 heavy (non-hydrogen) atoms. The number of aromatic hydroxyl groups is 1. The highest BCUT2D eigenvalue weighted by atomic mass is 16.5. The Morgan fingerprint density at radius 2 is 2.17 bits per heavy atom. The van der Waals surface area contributed by atoms with E-state index in [1.807, 2.05) is 6.07 Å². The average molecular weight is 316 g/mol. The van der Waals surface area contributed by atoms with Gasteiger partial charge in [0.1, 0.15) is 17.4 Å². The largest absolute Gasteiger partial charge is 0.507 e. The molecule has 3 atom stereocenters. The fourth-order valence-electron chi connectivity index (χ4n) is 3.59. The average Bonchev–Trinajstić information content (AvgIpc) is 2.47. The van der Waals surface area contributed by atoms with Gasteiger partial charge in [-0.1, -0.05) is 45.4 Å². The van der Waals surface area contributed by atoms with E-state index in [4.69, 9.17) is 4.74 Å². The Kier molecular flexibility index (Phi) is 5.86. The molecule has 1 aliphatic carbocycles. The van der Waals surface area contributed by atoms with Gasteiger partial charge in [-0.05, 0) is 48.6 Å². The third-order valence-electron chi connectivity index (χ3n) is 4.92. The first-order valence-corrected chi connectivity index (χ1v) is 8.56. The summed E-state index contributed by atoms with van der Waals surface area (Å²) in [5.41, 5.74) is 1.04. The molecule has 1 fully saturated rings. The lowest BCUT2D eigenvalue weighted by molar-refractivity contribution is -0.0176. The van der Waals surface area contributed by atoms with E-state index in [0.717, 1.165) is 18.4 Å². The number of allylic oxidation sites excluding steroid dienone is 1. The Bertz CT molecular complexity index is 562. The van der Waals surface area contributed by atoms with E-state index in [2.05, 4.69) is 27.4 Å². The highest BCUT2D eigenvalue weighted by Crippen LogP contribution is 2.36. The standard InChI is InChI=1S/C20H28O3/c1-5-7-15-8-6-9-17(21)19(15)20(22)23-18-12-14(4)10-11-16(18)13(2)3/h5-6,8-9,13-14,16,18,21H,1,7,10-12H2,2-4H3/t14-,16+,18-/m0/s1. The number of esters is 1. The zero-order valence-electron chi connectivity index (χ0n) is 14.4. The minimum Gasteiger partial charge on any atom is -0.507 e. The van der Waals surface area contributed by atoms with Crippen molar-refractivity contribution < 1.29 is 14.6 Å². The summed E-state index contributed by atoms with van der Waals surface area (Å²) < 4.78 is 5.86. The monoisotopic (exact) mass is 316 g/mol. The molecule has 1 aromatic carbocycles. The molecule has 0 saturated heterocycles. The number of carbonyl (C=O) groups is 1. The van der Waals surface area contributed by atoms with Gasteiger partial charge in [-0.25, -0.2) is 4.79 Å². The molecular weight excluding hydrogens is 288 g/mol.